The largest absolute Gasteiger partial charge is 0.508 e. The molecule has 1 saturated heterocycles. The van der Waals surface area contributed by atoms with Gasteiger partial charge in [-0.1, -0.05) is 12.1 Å². The predicted molar refractivity (Wildman–Crippen MR) is 114 cm³/mol. The van der Waals surface area contributed by atoms with Crippen LogP contribution in [0.1, 0.15) is 30.0 Å². The minimum Gasteiger partial charge on any atom is -0.508 e. The third-order valence-electron chi connectivity index (χ3n) is 5.44. The number of pyridine rings is 1. The summed E-state index contributed by atoms with van der Waals surface area (Å²) in [5.41, 5.74) is 2.57. The second kappa shape index (κ2) is 8.49. The number of nitrogens with zero attached hydrogens (tertiary/aromatic N) is 4. The molecule has 0 atom stereocenters. The number of hydrogen-bond donors (Lipinski definition) is 1. The Labute approximate surface area is 176 Å². The van der Waals surface area contributed by atoms with Crippen LogP contribution in [0.5, 0.6) is 5.75 Å². The van der Waals surface area contributed by atoms with Crippen molar-refractivity contribution in [1.29, 1.82) is 0 Å². The smallest absolute Gasteiger partial charge is 0.178 e. The van der Waals surface area contributed by atoms with E-state index in [0.717, 1.165) is 43.6 Å². The highest BCUT2D eigenvalue weighted by Gasteiger charge is 2.27. The predicted octanol–water partition coefficient (Wildman–Crippen LogP) is 3.03. The first kappa shape index (κ1) is 20.4. The molecular weight excluding hydrogens is 400 g/mol. The molecule has 3 heterocycles. The van der Waals surface area contributed by atoms with E-state index >= 15 is 0 Å². The van der Waals surface area contributed by atoms with E-state index in [1.807, 2.05) is 24.3 Å². The molecule has 0 unspecified atom stereocenters. The summed E-state index contributed by atoms with van der Waals surface area (Å²) in [6, 6.07) is 10.9. The van der Waals surface area contributed by atoms with E-state index in [2.05, 4.69) is 19.9 Å². The van der Waals surface area contributed by atoms with Crippen molar-refractivity contribution >= 4 is 9.84 Å². The third-order valence-corrected chi connectivity index (χ3v) is 6.55. The fourth-order valence-corrected chi connectivity index (χ4v) is 4.66. The van der Waals surface area contributed by atoms with Crippen LogP contribution in [0.3, 0.4) is 0 Å². The van der Waals surface area contributed by atoms with Gasteiger partial charge in [-0.3, -0.25) is 9.88 Å². The fraction of sp³-hybridized carbons (Fsp3) is 0.318. The quantitative estimate of drug-likeness (QED) is 0.672. The van der Waals surface area contributed by atoms with Crippen LogP contribution in [0.4, 0.5) is 0 Å². The van der Waals surface area contributed by atoms with Gasteiger partial charge in [-0.2, -0.15) is 0 Å². The Bertz CT molecular complexity index is 1110. The lowest BCUT2D eigenvalue weighted by Gasteiger charge is -2.32. The Morgan fingerprint density at radius 2 is 1.73 bits per heavy atom. The number of aromatic nitrogens is 3. The van der Waals surface area contributed by atoms with Gasteiger partial charge in [-0.05, 0) is 55.8 Å². The molecule has 1 fully saturated rings. The number of benzene rings is 1. The molecule has 4 rings (SSSR count). The summed E-state index contributed by atoms with van der Waals surface area (Å²) in [6.45, 7) is 2.50. The van der Waals surface area contributed by atoms with Crippen LogP contribution in [0.15, 0.2) is 59.9 Å². The number of phenols is 1. The zero-order chi connectivity index (χ0) is 21.1. The highest BCUT2D eigenvalue weighted by Crippen LogP contribution is 2.32. The Hall–Kier alpha value is -2.84. The monoisotopic (exact) mass is 424 g/mol. The van der Waals surface area contributed by atoms with E-state index < -0.39 is 9.84 Å². The van der Waals surface area contributed by atoms with Crippen LogP contribution >= 0.6 is 0 Å². The molecule has 156 valence electrons. The van der Waals surface area contributed by atoms with E-state index in [4.69, 9.17) is 0 Å². The van der Waals surface area contributed by atoms with Gasteiger partial charge in [0.05, 0.1) is 5.69 Å². The Morgan fingerprint density at radius 3 is 2.37 bits per heavy atom. The number of sulfone groups is 1. The lowest BCUT2D eigenvalue weighted by atomic mass is 9.93. The van der Waals surface area contributed by atoms with Crippen LogP contribution in [-0.2, 0) is 16.4 Å². The lowest BCUT2D eigenvalue weighted by molar-refractivity contribution is 0.202. The molecule has 30 heavy (non-hydrogen) atoms. The van der Waals surface area contributed by atoms with Crippen molar-refractivity contribution in [3.05, 3.63) is 66.2 Å². The maximum Gasteiger partial charge on any atom is 0.178 e. The molecule has 1 aliphatic rings. The van der Waals surface area contributed by atoms with Gasteiger partial charge in [0.1, 0.15) is 10.6 Å². The van der Waals surface area contributed by atoms with Gasteiger partial charge >= 0.3 is 0 Å². The standard InChI is InChI=1S/C22H24N4O3S/c1-30(28,29)20-14-24-22(18-6-10-23-11-7-18)25-21(20)17-8-12-26(13-9-17)15-16-2-4-19(27)5-3-16/h2-7,10-11,14,17,27H,8-9,12-13,15H2,1H3. The number of aromatic hydroxyl groups is 1. The number of rotatable bonds is 5. The molecule has 0 saturated carbocycles. The molecule has 1 aromatic carbocycles. The van der Waals surface area contributed by atoms with Crippen molar-refractivity contribution in [2.45, 2.75) is 30.2 Å². The first-order chi connectivity index (χ1) is 14.4. The average Bonchev–Trinajstić information content (AvgIpc) is 2.75. The summed E-state index contributed by atoms with van der Waals surface area (Å²) in [5.74, 6) is 0.847. The Morgan fingerprint density at radius 1 is 1.07 bits per heavy atom. The van der Waals surface area contributed by atoms with Crippen LogP contribution in [0, 0.1) is 0 Å². The first-order valence-corrected chi connectivity index (χ1v) is 11.8. The zero-order valence-electron chi connectivity index (χ0n) is 16.8. The second-order valence-corrected chi connectivity index (χ2v) is 9.65. The van der Waals surface area contributed by atoms with Gasteiger partial charge in [-0.15, -0.1) is 0 Å². The average molecular weight is 425 g/mol. The summed E-state index contributed by atoms with van der Waals surface area (Å²) < 4.78 is 24.7. The van der Waals surface area contributed by atoms with Crippen molar-refractivity contribution in [2.24, 2.45) is 0 Å². The second-order valence-electron chi connectivity index (χ2n) is 7.67. The lowest BCUT2D eigenvalue weighted by Crippen LogP contribution is -2.33. The van der Waals surface area contributed by atoms with Crippen LogP contribution in [-0.4, -0.2) is 52.7 Å². The van der Waals surface area contributed by atoms with Gasteiger partial charge in [0.25, 0.3) is 0 Å². The summed E-state index contributed by atoms with van der Waals surface area (Å²) in [4.78, 5) is 15.6. The molecular formula is C22H24N4O3S. The first-order valence-electron chi connectivity index (χ1n) is 9.88. The van der Waals surface area contributed by atoms with E-state index in [0.29, 0.717) is 11.5 Å². The fourth-order valence-electron chi connectivity index (χ4n) is 3.83. The molecule has 0 amide bonds. The molecule has 1 N–H and O–H groups in total. The molecule has 7 nitrogen and oxygen atoms in total. The minimum absolute atomic E-state index is 0.0642. The summed E-state index contributed by atoms with van der Waals surface area (Å²) in [5, 5.41) is 9.44. The number of likely N-dealkylation sites (tertiary alicyclic amines) is 1. The normalized spacial score (nSPS) is 15.9. The van der Waals surface area contributed by atoms with Crippen LogP contribution < -0.4 is 0 Å². The van der Waals surface area contributed by atoms with E-state index in [-0.39, 0.29) is 16.6 Å². The minimum atomic E-state index is -3.42. The van der Waals surface area contributed by atoms with Gasteiger partial charge in [0, 0.05) is 42.9 Å². The van der Waals surface area contributed by atoms with Crippen molar-refractivity contribution in [2.75, 3.05) is 19.3 Å². The molecule has 2 aromatic heterocycles. The molecule has 3 aromatic rings. The van der Waals surface area contributed by atoms with Crippen molar-refractivity contribution in [3.8, 4) is 17.1 Å². The molecule has 1 aliphatic heterocycles. The van der Waals surface area contributed by atoms with Gasteiger partial charge in [0.2, 0.25) is 0 Å². The van der Waals surface area contributed by atoms with Crippen molar-refractivity contribution in [1.82, 2.24) is 19.9 Å². The summed E-state index contributed by atoms with van der Waals surface area (Å²) in [6.07, 6.45) is 7.65. The molecule has 0 aliphatic carbocycles. The van der Waals surface area contributed by atoms with E-state index in [1.54, 1.807) is 24.5 Å². The molecule has 0 bridgehead atoms. The van der Waals surface area contributed by atoms with Crippen molar-refractivity contribution < 1.29 is 13.5 Å². The molecule has 0 spiro atoms. The van der Waals surface area contributed by atoms with Crippen LogP contribution in [0.2, 0.25) is 0 Å². The summed E-state index contributed by atoms with van der Waals surface area (Å²) >= 11 is 0. The number of piperidine rings is 1. The Balaban J connectivity index is 1.55. The highest BCUT2D eigenvalue weighted by molar-refractivity contribution is 7.90. The maximum atomic E-state index is 12.4. The highest BCUT2D eigenvalue weighted by atomic mass is 32.2. The van der Waals surface area contributed by atoms with Gasteiger partial charge < -0.3 is 5.11 Å². The van der Waals surface area contributed by atoms with Crippen molar-refractivity contribution in [3.63, 3.8) is 0 Å². The van der Waals surface area contributed by atoms with Gasteiger partial charge in [0.15, 0.2) is 15.7 Å². The molecule has 8 heteroatoms. The number of hydrogen-bond acceptors (Lipinski definition) is 7. The SMILES string of the molecule is CS(=O)(=O)c1cnc(-c2ccncc2)nc1C1CCN(Cc2ccc(O)cc2)CC1. The maximum absolute atomic E-state index is 12.4. The number of phenolic OH excluding ortho intramolecular Hbond substituents is 1. The van der Waals surface area contributed by atoms with E-state index in [1.165, 1.54) is 12.5 Å². The summed E-state index contributed by atoms with van der Waals surface area (Å²) in [7, 11) is -3.42. The zero-order valence-corrected chi connectivity index (χ0v) is 17.6. The topological polar surface area (TPSA) is 96.3 Å². The third kappa shape index (κ3) is 4.66. The van der Waals surface area contributed by atoms with Gasteiger partial charge in [-0.25, -0.2) is 18.4 Å². The Kier molecular flexibility index (Phi) is 5.78. The van der Waals surface area contributed by atoms with Crippen LogP contribution in [0.25, 0.3) is 11.4 Å². The van der Waals surface area contributed by atoms with E-state index in [9.17, 15) is 13.5 Å². The molecule has 0 radical (unpaired) electrons.